The summed E-state index contributed by atoms with van der Waals surface area (Å²) < 4.78 is 1.94. The van der Waals surface area contributed by atoms with Gasteiger partial charge in [0.05, 0.1) is 16.9 Å². The third-order valence-corrected chi connectivity index (χ3v) is 3.66. The van der Waals surface area contributed by atoms with E-state index in [1.165, 1.54) is 5.56 Å². The lowest BCUT2D eigenvalue weighted by atomic mass is 10.1. The predicted octanol–water partition coefficient (Wildman–Crippen LogP) is 2.93. The van der Waals surface area contributed by atoms with Crippen molar-refractivity contribution in [2.45, 2.75) is 20.8 Å². The molecule has 3 aromatic rings. The maximum absolute atomic E-state index is 6.01. The monoisotopic (exact) mass is 252 g/mol. The molecule has 96 valence electrons. The number of fused-ring (bicyclic) bond motifs is 1. The van der Waals surface area contributed by atoms with Crippen LogP contribution in [0, 0.1) is 20.8 Å². The Morgan fingerprint density at radius 1 is 1.11 bits per heavy atom. The van der Waals surface area contributed by atoms with Gasteiger partial charge in [0.25, 0.3) is 0 Å². The Morgan fingerprint density at radius 3 is 2.58 bits per heavy atom. The van der Waals surface area contributed by atoms with Crippen LogP contribution in [0.4, 0.5) is 5.69 Å². The third-order valence-electron chi connectivity index (χ3n) is 3.66. The van der Waals surface area contributed by atoms with E-state index in [4.69, 9.17) is 5.73 Å². The lowest BCUT2D eigenvalue weighted by Gasteiger charge is -2.09. The van der Waals surface area contributed by atoms with Crippen LogP contribution < -0.4 is 5.73 Å². The molecule has 3 rings (SSSR count). The Labute approximate surface area is 111 Å². The van der Waals surface area contributed by atoms with Crippen molar-refractivity contribution in [1.29, 1.82) is 0 Å². The predicted molar refractivity (Wildman–Crippen MR) is 77.5 cm³/mol. The summed E-state index contributed by atoms with van der Waals surface area (Å²) in [6.45, 7) is 6.17. The first kappa shape index (κ1) is 11.7. The fourth-order valence-electron chi connectivity index (χ4n) is 2.31. The van der Waals surface area contributed by atoms with E-state index in [1.807, 2.05) is 35.9 Å². The zero-order chi connectivity index (χ0) is 13.6. The molecule has 0 saturated heterocycles. The van der Waals surface area contributed by atoms with Crippen LogP contribution >= 0.6 is 0 Å². The van der Waals surface area contributed by atoms with Gasteiger partial charge in [0.15, 0.2) is 0 Å². The molecule has 0 aliphatic rings. The van der Waals surface area contributed by atoms with Crippen molar-refractivity contribution in [3.8, 4) is 5.69 Å². The Balaban J connectivity index is 2.37. The Morgan fingerprint density at radius 2 is 1.89 bits per heavy atom. The SMILES string of the molecule is Cc1nn(-c2ccc(N)c3cccnc23)c(C)c1C. The van der Waals surface area contributed by atoms with Crippen molar-refractivity contribution in [1.82, 2.24) is 14.8 Å². The van der Waals surface area contributed by atoms with Crippen LogP contribution in [-0.4, -0.2) is 14.8 Å². The molecule has 0 spiro atoms. The molecule has 0 aliphatic carbocycles. The highest BCUT2D eigenvalue weighted by molar-refractivity contribution is 5.95. The van der Waals surface area contributed by atoms with Crippen molar-refractivity contribution in [3.63, 3.8) is 0 Å². The molecule has 0 bridgehead atoms. The van der Waals surface area contributed by atoms with E-state index in [0.717, 1.165) is 33.7 Å². The van der Waals surface area contributed by atoms with Gasteiger partial charge in [0, 0.05) is 23.0 Å². The highest BCUT2D eigenvalue weighted by Gasteiger charge is 2.13. The van der Waals surface area contributed by atoms with Crippen LogP contribution in [0.5, 0.6) is 0 Å². The first-order chi connectivity index (χ1) is 9.09. The Hall–Kier alpha value is -2.36. The maximum atomic E-state index is 6.01. The summed E-state index contributed by atoms with van der Waals surface area (Å²) in [5, 5.41) is 5.56. The van der Waals surface area contributed by atoms with Gasteiger partial charge in [-0.15, -0.1) is 0 Å². The summed E-state index contributed by atoms with van der Waals surface area (Å²) in [4.78, 5) is 4.46. The molecule has 0 fully saturated rings. The molecular weight excluding hydrogens is 236 g/mol. The summed E-state index contributed by atoms with van der Waals surface area (Å²) in [5.41, 5.74) is 12.0. The minimum atomic E-state index is 0.741. The van der Waals surface area contributed by atoms with Crippen LogP contribution in [0.15, 0.2) is 30.5 Å². The highest BCUT2D eigenvalue weighted by atomic mass is 15.3. The number of anilines is 1. The lowest BCUT2D eigenvalue weighted by Crippen LogP contribution is -2.02. The second-order valence-corrected chi connectivity index (χ2v) is 4.78. The van der Waals surface area contributed by atoms with Crippen molar-refractivity contribution in [3.05, 3.63) is 47.4 Å². The summed E-state index contributed by atoms with van der Waals surface area (Å²) in [6, 6.07) is 7.77. The average molecular weight is 252 g/mol. The van der Waals surface area contributed by atoms with Crippen LogP contribution in [0.25, 0.3) is 16.6 Å². The minimum Gasteiger partial charge on any atom is -0.398 e. The topological polar surface area (TPSA) is 56.7 Å². The second-order valence-electron chi connectivity index (χ2n) is 4.78. The van der Waals surface area contributed by atoms with Gasteiger partial charge in [-0.1, -0.05) is 0 Å². The number of aromatic nitrogens is 3. The van der Waals surface area contributed by atoms with Crippen molar-refractivity contribution < 1.29 is 0 Å². The largest absolute Gasteiger partial charge is 0.398 e. The maximum Gasteiger partial charge on any atom is 0.0979 e. The van der Waals surface area contributed by atoms with Gasteiger partial charge >= 0.3 is 0 Å². The standard InChI is InChI=1S/C15H16N4/c1-9-10(2)18-19(11(9)3)14-7-6-13(16)12-5-4-8-17-15(12)14/h4-8H,16H2,1-3H3. The fraction of sp³-hybridized carbons (Fsp3) is 0.200. The summed E-state index contributed by atoms with van der Waals surface area (Å²) >= 11 is 0. The molecule has 4 nitrogen and oxygen atoms in total. The minimum absolute atomic E-state index is 0.741. The first-order valence-corrected chi connectivity index (χ1v) is 6.26. The quantitative estimate of drug-likeness (QED) is 0.677. The number of rotatable bonds is 1. The molecule has 19 heavy (non-hydrogen) atoms. The Kier molecular flexibility index (Phi) is 2.52. The first-order valence-electron chi connectivity index (χ1n) is 6.26. The van der Waals surface area contributed by atoms with Crippen LogP contribution in [0.1, 0.15) is 17.0 Å². The van der Waals surface area contributed by atoms with E-state index >= 15 is 0 Å². The number of aryl methyl sites for hydroxylation is 1. The van der Waals surface area contributed by atoms with Gasteiger partial charge in [-0.25, -0.2) is 4.68 Å². The molecule has 0 amide bonds. The smallest absolute Gasteiger partial charge is 0.0979 e. The molecule has 0 saturated carbocycles. The van der Waals surface area contributed by atoms with Crippen LogP contribution in [0.2, 0.25) is 0 Å². The molecule has 2 N–H and O–H groups in total. The van der Waals surface area contributed by atoms with Gasteiger partial charge in [-0.2, -0.15) is 5.10 Å². The summed E-state index contributed by atoms with van der Waals surface area (Å²) in [6.07, 6.45) is 1.78. The summed E-state index contributed by atoms with van der Waals surface area (Å²) in [5.74, 6) is 0. The number of hydrogen-bond donors (Lipinski definition) is 1. The molecular formula is C15H16N4. The Bertz CT molecular complexity index is 771. The molecule has 2 aromatic heterocycles. The average Bonchev–Trinajstić information content (AvgIpc) is 2.67. The van der Waals surface area contributed by atoms with Gasteiger partial charge in [-0.3, -0.25) is 4.98 Å². The van der Waals surface area contributed by atoms with E-state index in [0.29, 0.717) is 0 Å². The van der Waals surface area contributed by atoms with E-state index in [-0.39, 0.29) is 0 Å². The number of nitrogens with two attached hydrogens (primary N) is 1. The van der Waals surface area contributed by atoms with E-state index in [2.05, 4.69) is 23.9 Å². The van der Waals surface area contributed by atoms with Crippen LogP contribution in [-0.2, 0) is 0 Å². The van der Waals surface area contributed by atoms with Gasteiger partial charge in [0.2, 0.25) is 0 Å². The molecule has 0 atom stereocenters. The number of benzene rings is 1. The highest BCUT2D eigenvalue weighted by Crippen LogP contribution is 2.27. The number of nitrogen functional groups attached to an aromatic ring is 1. The number of pyridine rings is 1. The van der Waals surface area contributed by atoms with E-state index < -0.39 is 0 Å². The lowest BCUT2D eigenvalue weighted by molar-refractivity contribution is 0.837. The number of hydrogen-bond acceptors (Lipinski definition) is 3. The van der Waals surface area contributed by atoms with Gasteiger partial charge in [0.1, 0.15) is 0 Å². The zero-order valence-electron chi connectivity index (χ0n) is 11.3. The molecule has 1 aromatic carbocycles. The summed E-state index contributed by atoms with van der Waals surface area (Å²) in [7, 11) is 0. The normalized spacial score (nSPS) is 11.1. The molecule has 0 unspecified atom stereocenters. The number of nitrogens with zero attached hydrogens (tertiary/aromatic N) is 3. The van der Waals surface area contributed by atoms with Gasteiger partial charge < -0.3 is 5.73 Å². The van der Waals surface area contributed by atoms with Gasteiger partial charge in [-0.05, 0) is 50.6 Å². The van der Waals surface area contributed by atoms with E-state index in [9.17, 15) is 0 Å². The van der Waals surface area contributed by atoms with E-state index in [1.54, 1.807) is 6.20 Å². The molecule has 0 aliphatic heterocycles. The zero-order valence-corrected chi connectivity index (χ0v) is 11.3. The van der Waals surface area contributed by atoms with Crippen molar-refractivity contribution in [2.75, 3.05) is 5.73 Å². The molecule has 0 radical (unpaired) electrons. The molecule has 2 heterocycles. The third kappa shape index (κ3) is 1.68. The second kappa shape index (κ2) is 4.09. The van der Waals surface area contributed by atoms with Crippen LogP contribution in [0.3, 0.4) is 0 Å². The fourth-order valence-corrected chi connectivity index (χ4v) is 2.31. The van der Waals surface area contributed by atoms with Crippen molar-refractivity contribution >= 4 is 16.6 Å². The molecule has 4 heteroatoms. The van der Waals surface area contributed by atoms with Crippen molar-refractivity contribution in [2.24, 2.45) is 0 Å².